The van der Waals surface area contributed by atoms with Gasteiger partial charge in [0.05, 0.1) is 0 Å². The second kappa shape index (κ2) is 2.99. The molecule has 0 radical (unpaired) electrons. The maximum atomic E-state index is 11.7. The lowest BCUT2D eigenvalue weighted by molar-refractivity contribution is -0.122. The SMILES string of the molecule is CC1(C(=O)Cc2ccccc2)CC1. The molecule has 68 valence electrons. The second-order valence-corrected chi connectivity index (χ2v) is 4.15. The van der Waals surface area contributed by atoms with Crippen molar-refractivity contribution in [3.8, 4) is 0 Å². The first-order chi connectivity index (χ1) is 6.21. The normalized spacial score (nSPS) is 18.2. The highest BCUT2D eigenvalue weighted by Gasteiger charge is 2.43. The van der Waals surface area contributed by atoms with Crippen molar-refractivity contribution in [3.05, 3.63) is 35.9 Å². The van der Waals surface area contributed by atoms with Crippen LogP contribution in [0.3, 0.4) is 0 Å². The maximum Gasteiger partial charge on any atom is 0.143 e. The lowest BCUT2D eigenvalue weighted by atomic mass is 9.97. The number of carbonyl (C=O) groups excluding carboxylic acids is 1. The summed E-state index contributed by atoms with van der Waals surface area (Å²) in [6, 6.07) is 9.98. The fourth-order valence-corrected chi connectivity index (χ4v) is 1.46. The molecule has 1 heteroatoms. The van der Waals surface area contributed by atoms with Gasteiger partial charge in [-0.2, -0.15) is 0 Å². The first-order valence-electron chi connectivity index (χ1n) is 4.78. The molecule has 0 bridgehead atoms. The Hall–Kier alpha value is -1.11. The van der Waals surface area contributed by atoms with Crippen LogP contribution in [0.1, 0.15) is 25.3 Å². The monoisotopic (exact) mass is 174 g/mol. The van der Waals surface area contributed by atoms with Crippen LogP contribution in [0.5, 0.6) is 0 Å². The quantitative estimate of drug-likeness (QED) is 0.688. The topological polar surface area (TPSA) is 17.1 Å². The van der Waals surface area contributed by atoms with Crippen LogP contribution in [0.4, 0.5) is 0 Å². The number of rotatable bonds is 3. The molecule has 1 aromatic carbocycles. The molecule has 0 aliphatic heterocycles. The predicted molar refractivity (Wildman–Crippen MR) is 52.5 cm³/mol. The molecule has 2 rings (SSSR count). The van der Waals surface area contributed by atoms with Gasteiger partial charge in [0, 0.05) is 11.8 Å². The first-order valence-corrected chi connectivity index (χ1v) is 4.78. The molecule has 1 nitrogen and oxygen atoms in total. The van der Waals surface area contributed by atoms with Crippen molar-refractivity contribution in [2.75, 3.05) is 0 Å². The fraction of sp³-hybridized carbons (Fsp3) is 0.417. The fourth-order valence-electron chi connectivity index (χ4n) is 1.46. The van der Waals surface area contributed by atoms with Gasteiger partial charge in [-0.1, -0.05) is 37.3 Å². The molecule has 1 fully saturated rings. The van der Waals surface area contributed by atoms with Gasteiger partial charge in [0.1, 0.15) is 5.78 Å². The number of carbonyl (C=O) groups is 1. The maximum absolute atomic E-state index is 11.7. The Morgan fingerprint density at radius 3 is 2.46 bits per heavy atom. The molecular formula is C12H14O. The zero-order valence-corrected chi connectivity index (χ0v) is 7.92. The van der Waals surface area contributed by atoms with Crippen molar-refractivity contribution in [2.24, 2.45) is 5.41 Å². The smallest absolute Gasteiger partial charge is 0.143 e. The summed E-state index contributed by atoms with van der Waals surface area (Å²) in [5, 5.41) is 0. The van der Waals surface area contributed by atoms with Gasteiger partial charge < -0.3 is 0 Å². The van der Waals surface area contributed by atoms with Crippen molar-refractivity contribution < 1.29 is 4.79 Å². The summed E-state index contributed by atoms with van der Waals surface area (Å²) in [5.74, 6) is 0.402. The van der Waals surface area contributed by atoms with Crippen LogP contribution in [0.25, 0.3) is 0 Å². The summed E-state index contributed by atoms with van der Waals surface area (Å²) in [4.78, 5) is 11.7. The van der Waals surface area contributed by atoms with Gasteiger partial charge in [0.15, 0.2) is 0 Å². The Labute approximate surface area is 78.8 Å². The van der Waals surface area contributed by atoms with Gasteiger partial charge in [0.25, 0.3) is 0 Å². The lowest BCUT2D eigenvalue weighted by Crippen LogP contribution is -2.14. The molecule has 13 heavy (non-hydrogen) atoms. The van der Waals surface area contributed by atoms with E-state index in [1.807, 2.05) is 30.3 Å². The summed E-state index contributed by atoms with van der Waals surface area (Å²) in [5.41, 5.74) is 1.16. The van der Waals surface area contributed by atoms with Crippen LogP contribution < -0.4 is 0 Å². The molecule has 0 spiro atoms. The van der Waals surface area contributed by atoms with Gasteiger partial charge in [-0.25, -0.2) is 0 Å². The Morgan fingerprint density at radius 2 is 1.92 bits per heavy atom. The molecule has 1 saturated carbocycles. The van der Waals surface area contributed by atoms with Crippen molar-refractivity contribution in [2.45, 2.75) is 26.2 Å². The highest BCUT2D eigenvalue weighted by atomic mass is 16.1. The zero-order chi connectivity index (χ0) is 9.31. The minimum Gasteiger partial charge on any atom is -0.299 e. The minimum atomic E-state index is 0.0237. The van der Waals surface area contributed by atoms with Crippen LogP contribution >= 0.6 is 0 Å². The Kier molecular flexibility index (Phi) is 1.95. The van der Waals surface area contributed by atoms with Crippen molar-refractivity contribution in [3.63, 3.8) is 0 Å². The standard InChI is InChI=1S/C12H14O/c1-12(7-8-12)11(13)9-10-5-3-2-4-6-10/h2-6H,7-9H2,1H3. The summed E-state index contributed by atoms with van der Waals surface area (Å²) in [6.45, 7) is 2.07. The summed E-state index contributed by atoms with van der Waals surface area (Å²) in [7, 11) is 0. The van der Waals surface area contributed by atoms with Gasteiger partial charge in [0.2, 0.25) is 0 Å². The van der Waals surface area contributed by atoms with Crippen LogP contribution in [-0.4, -0.2) is 5.78 Å². The molecule has 1 aromatic rings. The van der Waals surface area contributed by atoms with E-state index in [1.165, 1.54) is 0 Å². The third-order valence-electron chi connectivity index (χ3n) is 2.88. The molecule has 1 aliphatic rings. The van der Waals surface area contributed by atoms with E-state index in [2.05, 4.69) is 6.92 Å². The number of hydrogen-bond acceptors (Lipinski definition) is 1. The van der Waals surface area contributed by atoms with Gasteiger partial charge in [-0.15, -0.1) is 0 Å². The van der Waals surface area contributed by atoms with E-state index in [9.17, 15) is 4.79 Å². The largest absolute Gasteiger partial charge is 0.299 e. The minimum absolute atomic E-state index is 0.0237. The highest BCUT2D eigenvalue weighted by molar-refractivity contribution is 5.88. The molecule has 1 aliphatic carbocycles. The lowest BCUT2D eigenvalue weighted by Gasteiger charge is -2.06. The van der Waals surface area contributed by atoms with Crippen LogP contribution in [0.2, 0.25) is 0 Å². The van der Waals surface area contributed by atoms with Gasteiger partial charge in [-0.05, 0) is 18.4 Å². The number of benzene rings is 1. The van der Waals surface area contributed by atoms with E-state index >= 15 is 0 Å². The predicted octanol–water partition coefficient (Wildman–Crippen LogP) is 2.60. The van der Waals surface area contributed by atoms with Gasteiger partial charge in [-0.3, -0.25) is 4.79 Å². The third kappa shape index (κ3) is 1.80. The molecular weight excluding hydrogens is 160 g/mol. The van der Waals surface area contributed by atoms with E-state index in [-0.39, 0.29) is 5.41 Å². The Bertz CT molecular complexity index is 309. The molecule has 0 N–H and O–H groups in total. The average Bonchev–Trinajstić information content (AvgIpc) is 2.87. The molecule has 0 atom stereocenters. The van der Waals surface area contributed by atoms with E-state index in [4.69, 9.17) is 0 Å². The number of ketones is 1. The van der Waals surface area contributed by atoms with Gasteiger partial charge >= 0.3 is 0 Å². The van der Waals surface area contributed by atoms with Crippen molar-refractivity contribution >= 4 is 5.78 Å². The molecule has 0 saturated heterocycles. The first kappa shape index (κ1) is 8.49. The average molecular weight is 174 g/mol. The molecule has 0 unspecified atom stereocenters. The van der Waals surface area contributed by atoms with Crippen LogP contribution in [-0.2, 0) is 11.2 Å². The molecule has 0 aromatic heterocycles. The highest BCUT2D eigenvalue weighted by Crippen LogP contribution is 2.46. The van der Waals surface area contributed by atoms with Crippen LogP contribution in [0, 0.1) is 5.41 Å². The number of Topliss-reactive ketones (excluding diaryl/α,β-unsaturated/α-hetero) is 1. The summed E-state index contributed by atoms with van der Waals surface area (Å²) >= 11 is 0. The van der Waals surface area contributed by atoms with Crippen molar-refractivity contribution in [1.82, 2.24) is 0 Å². The van der Waals surface area contributed by atoms with E-state index in [0.29, 0.717) is 12.2 Å². The second-order valence-electron chi connectivity index (χ2n) is 4.15. The molecule has 0 amide bonds. The van der Waals surface area contributed by atoms with E-state index in [1.54, 1.807) is 0 Å². The summed E-state index contributed by atoms with van der Waals surface area (Å²) in [6.07, 6.45) is 2.77. The van der Waals surface area contributed by atoms with E-state index in [0.717, 1.165) is 18.4 Å². The molecule has 0 heterocycles. The number of hydrogen-bond donors (Lipinski definition) is 0. The van der Waals surface area contributed by atoms with E-state index < -0.39 is 0 Å². The Balaban J connectivity index is 2.03. The summed E-state index contributed by atoms with van der Waals surface area (Å²) < 4.78 is 0. The zero-order valence-electron chi connectivity index (χ0n) is 7.92. The van der Waals surface area contributed by atoms with Crippen LogP contribution in [0.15, 0.2) is 30.3 Å². The third-order valence-corrected chi connectivity index (χ3v) is 2.88. The Morgan fingerprint density at radius 1 is 1.31 bits per heavy atom. The van der Waals surface area contributed by atoms with Crippen molar-refractivity contribution in [1.29, 1.82) is 0 Å².